The molecule has 0 radical (unpaired) electrons. The van der Waals surface area contributed by atoms with E-state index in [9.17, 15) is 9.59 Å². The molecule has 0 fully saturated rings. The number of anilines is 1. The second-order valence-corrected chi connectivity index (χ2v) is 6.94. The first-order chi connectivity index (χ1) is 12.1. The number of fused-ring (bicyclic) bond motifs is 1. The molecule has 0 saturated carbocycles. The predicted octanol–water partition coefficient (Wildman–Crippen LogP) is 3.11. The number of nitrogens with zero attached hydrogens (tertiary/aromatic N) is 3. The second-order valence-electron chi connectivity index (χ2n) is 5.99. The Hall–Kier alpha value is -2.67. The molecule has 6 nitrogen and oxygen atoms in total. The molecular weight excluding hydrogens is 338 g/mol. The lowest BCUT2D eigenvalue weighted by atomic mass is 10.0. The maximum absolute atomic E-state index is 13.0. The standard InChI is InChI=1S/C18H17N3O3S/c1-12(21-18(23)24-16(19-21)15-9-5-11-25-15)17(22)20-10-4-7-13-6-2-3-8-14(13)20/h2-3,5-6,8-9,11-12H,4,7,10H2,1H3/t12-/m1/s1. The molecule has 1 aromatic carbocycles. The summed E-state index contributed by atoms with van der Waals surface area (Å²) in [5.74, 6) is -0.520. The number of carbonyl (C=O) groups excluding carboxylic acids is 1. The van der Waals surface area contributed by atoms with Gasteiger partial charge in [-0.05, 0) is 42.8 Å². The summed E-state index contributed by atoms with van der Waals surface area (Å²) in [6, 6.07) is 10.8. The largest absolute Gasteiger partial charge is 0.438 e. The number of aryl methyl sites for hydroxylation is 1. The van der Waals surface area contributed by atoms with Crippen molar-refractivity contribution in [3.63, 3.8) is 0 Å². The fourth-order valence-electron chi connectivity index (χ4n) is 3.13. The van der Waals surface area contributed by atoms with Crippen LogP contribution in [-0.2, 0) is 11.2 Å². The van der Waals surface area contributed by atoms with Gasteiger partial charge < -0.3 is 9.32 Å². The zero-order valence-corrected chi connectivity index (χ0v) is 14.5. The highest BCUT2D eigenvalue weighted by Crippen LogP contribution is 2.29. The summed E-state index contributed by atoms with van der Waals surface area (Å²) in [6.45, 7) is 2.33. The Balaban J connectivity index is 1.65. The molecule has 0 aliphatic carbocycles. The third-order valence-electron chi connectivity index (χ3n) is 4.40. The lowest BCUT2D eigenvalue weighted by Gasteiger charge is -2.31. The number of para-hydroxylation sites is 1. The quantitative estimate of drug-likeness (QED) is 0.724. The van der Waals surface area contributed by atoms with Crippen LogP contribution in [0.1, 0.15) is 24.9 Å². The van der Waals surface area contributed by atoms with Crippen LogP contribution in [0.25, 0.3) is 10.8 Å². The molecule has 3 aromatic rings. The summed E-state index contributed by atoms with van der Waals surface area (Å²) in [5.41, 5.74) is 2.07. The highest BCUT2D eigenvalue weighted by atomic mass is 32.1. The Kier molecular flexibility index (Phi) is 4.01. The van der Waals surface area contributed by atoms with Gasteiger partial charge in [-0.1, -0.05) is 24.3 Å². The van der Waals surface area contributed by atoms with Gasteiger partial charge in [0, 0.05) is 12.2 Å². The molecule has 0 saturated heterocycles. The second kappa shape index (κ2) is 6.33. The lowest BCUT2D eigenvalue weighted by Crippen LogP contribution is -2.41. The fourth-order valence-corrected chi connectivity index (χ4v) is 3.77. The van der Waals surface area contributed by atoms with Gasteiger partial charge in [0.1, 0.15) is 6.04 Å². The average molecular weight is 355 g/mol. The maximum atomic E-state index is 13.0. The first kappa shape index (κ1) is 15.8. The van der Waals surface area contributed by atoms with E-state index >= 15 is 0 Å². The van der Waals surface area contributed by atoms with E-state index in [1.807, 2.05) is 41.8 Å². The van der Waals surface area contributed by atoms with Crippen molar-refractivity contribution >= 4 is 22.9 Å². The Morgan fingerprint density at radius 3 is 2.92 bits per heavy atom. The van der Waals surface area contributed by atoms with Crippen LogP contribution >= 0.6 is 11.3 Å². The zero-order valence-electron chi connectivity index (χ0n) is 13.7. The topological polar surface area (TPSA) is 68.3 Å². The lowest BCUT2D eigenvalue weighted by molar-refractivity contribution is -0.121. The number of carbonyl (C=O) groups is 1. The molecule has 7 heteroatoms. The minimum absolute atomic E-state index is 0.153. The number of benzene rings is 1. The van der Waals surface area contributed by atoms with Crippen LogP contribution in [-0.4, -0.2) is 22.2 Å². The highest BCUT2D eigenvalue weighted by Gasteiger charge is 2.29. The number of hydrogen-bond acceptors (Lipinski definition) is 5. The van der Waals surface area contributed by atoms with Crippen molar-refractivity contribution in [1.29, 1.82) is 0 Å². The van der Waals surface area contributed by atoms with E-state index in [0.717, 1.165) is 33.7 Å². The van der Waals surface area contributed by atoms with Crippen molar-refractivity contribution in [3.05, 3.63) is 57.9 Å². The van der Waals surface area contributed by atoms with Gasteiger partial charge in [-0.2, -0.15) is 4.68 Å². The molecule has 1 aliphatic heterocycles. The van der Waals surface area contributed by atoms with Gasteiger partial charge in [-0.3, -0.25) is 4.79 Å². The third kappa shape index (κ3) is 2.80. The average Bonchev–Trinajstić information content (AvgIpc) is 3.29. The molecule has 4 rings (SSSR count). The maximum Gasteiger partial charge on any atom is 0.438 e. The molecule has 1 amide bonds. The first-order valence-electron chi connectivity index (χ1n) is 8.18. The van der Waals surface area contributed by atoms with Crippen molar-refractivity contribution in [3.8, 4) is 10.8 Å². The summed E-state index contributed by atoms with van der Waals surface area (Å²) in [5, 5.41) is 6.11. The van der Waals surface area contributed by atoms with Crippen molar-refractivity contribution in [1.82, 2.24) is 9.78 Å². The Labute approximate surface area is 148 Å². The number of aromatic nitrogens is 2. The summed E-state index contributed by atoms with van der Waals surface area (Å²) in [6.07, 6.45) is 1.87. The van der Waals surface area contributed by atoms with Gasteiger partial charge in [0.15, 0.2) is 0 Å². The molecule has 0 N–H and O–H groups in total. The van der Waals surface area contributed by atoms with Gasteiger partial charge in [0.05, 0.1) is 4.88 Å². The van der Waals surface area contributed by atoms with Crippen LogP contribution < -0.4 is 10.7 Å². The summed E-state index contributed by atoms with van der Waals surface area (Å²) in [7, 11) is 0. The van der Waals surface area contributed by atoms with Crippen LogP contribution in [0.5, 0.6) is 0 Å². The molecule has 1 atom stereocenters. The van der Waals surface area contributed by atoms with Gasteiger partial charge in [0.2, 0.25) is 0 Å². The number of hydrogen-bond donors (Lipinski definition) is 0. The monoisotopic (exact) mass is 355 g/mol. The van der Waals surface area contributed by atoms with Crippen molar-refractivity contribution in [2.75, 3.05) is 11.4 Å². The van der Waals surface area contributed by atoms with Crippen molar-refractivity contribution < 1.29 is 9.21 Å². The normalized spacial score (nSPS) is 15.0. The third-order valence-corrected chi connectivity index (χ3v) is 5.26. The van der Waals surface area contributed by atoms with Crippen molar-refractivity contribution in [2.45, 2.75) is 25.8 Å². The zero-order chi connectivity index (χ0) is 17.4. The van der Waals surface area contributed by atoms with E-state index in [-0.39, 0.29) is 11.8 Å². The molecule has 25 heavy (non-hydrogen) atoms. The van der Waals surface area contributed by atoms with E-state index in [1.165, 1.54) is 11.3 Å². The van der Waals surface area contributed by atoms with E-state index < -0.39 is 11.8 Å². The van der Waals surface area contributed by atoms with Gasteiger partial charge in [0.25, 0.3) is 11.8 Å². The highest BCUT2D eigenvalue weighted by molar-refractivity contribution is 7.13. The Morgan fingerprint density at radius 2 is 2.12 bits per heavy atom. The molecule has 0 unspecified atom stereocenters. The minimum atomic E-state index is -0.726. The van der Waals surface area contributed by atoms with Gasteiger partial charge >= 0.3 is 5.76 Å². The van der Waals surface area contributed by atoms with E-state index in [2.05, 4.69) is 5.10 Å². The minimum Gasteiger partial charge on any atom is -0.387 e. The first-order valence-corrected chi connectivity index (χ1v) is 9.06. The summed E-state index contributed by atoms with van der Waals surface area (Å²) >= 11 is 1.43. The van der Waals surface area contributed by atoms with E-state index in [0.29, 0.717) is 6.54 Å². The molecule has 0 bridgehead atoms. The Bertz CT molecular complexity index is 958. The molecule has 2 aromatic heterocycles. The number of thiophene rings is 1. The number of rotatable bonds is 3. The summed E-state index contributed by atoms with van der Waals surface area (Å²) < 4.78 is 6.36. The predicted molar refractivity (Wildman–Crippen MR) is 95.9 cm³/mol. The number of amides is 1. The van der Waals surface area contributed by atoms with E-state index in [1.54, 1.807) is 11.8 Å². The van der Waals surface area contributed by atoms with Gasteiger partial charge in [-0.25, -0.2) is 4.79 Å². The van der Waals surface area contributed by atoms with Crippen LogP contribution in [0, 0.1) is 0 Å². The molecule has 3 heterocycles. The SMILES string of the molecule is C[C@H](C(=O)N1CCCc2ccccc21)n1nc(-c2cccs2)oc1=O. The van der Waals surface area contributed by atoms with Crippen LogP contribution in [0.4, 0.5) is 5.69 Å². The van der Waals surface area contributed by atoms with Crippen LogP contribution in [0.3, 0.4) is 0 Å². The summed E-state index contributed by atoms with van der Waals surface area (Å²) in [4.78, 5) is 27.7. The van der Waals surface area contributed by atoms with Crippen molar-refractivity contribution in [2.24, 2.45) is 0 Å². The molecule has 128 valence electrons. The molecular formula is C18H17N3O3S. The molecule has 0 spiro atoms. The van der Waals surface area contributed by atoms with E-state index in [4.69, 9.17) is 4.42 Å². The molecule has 1 aliphatic rings. The fraction of sp³-hybridized carbons (Fsp3) is 0.278. The van der Waals surface area contributed by atoms with Crippen LogP contribution in [0.2, 0.25) is 0 Å². The Morgan fingerprint density at radius 1 is 1.28 bits per heavy atom. The smallest absolute Gasteiger partial charge is 0.387 e. The van der Waals surface area contributed by atoms with Gasteiger partial charge in [-0.15, -0.1) is 16.4 Å². The van der Waals surface area contributed by atoms with Crippen LogP contribution in [0.15, 0.2) is 51.0 Å².